The van der Waals surface area contributed by atoms with Crippen LogP contribution in [-0.2, 0) is 4.79 Å². The molecule has 98 valence electrons. The van der Waals surface area contributed by atoms with Gasteiger partial charge in [-0.25, -0.2) is 9.97 Å². The predicted octanol–water partition coefficient (Wildman–Crippen LogP) is 0.126. The molecule has 0 spiro atoms. The summed E-state index contributed by atoms with van der Waals surface area (Å²) in [6.45, 7) is 4.93. The molecular weight excluding hydrogens is 254 g/mol. The number of aromatic nitrogens is 2. The van der Waals surface area contributed by atoms with Crippen molar-refractivity contribution in [1.29, 1.82) is 0 Å². The molecule has 0 unspecified atom stereocenters. The highest BCUT2D eigenvalue weighted by atomic mass is 35.5. The Labute approximate surface area is 111 Å². The highest BCUT2D eigenvalue weighted by molar-refractivity contribution is 6.30. The second kappa shape index (κ2) is 5.49. The molecule has 2 rings (SSSR count). The van der Waals surface area contributed by atoms with Gasteiger partial charge in [0.25, 0.3) is 0 Å². The van der Waals surface area contributed by atoms with Crippen LogP contribution in [0.2, 0.25) is 5.02 Å². The SMILES string of the molecule is C[C@H](C(N)=O)N1CCN(c2ncc(Cl)cn2)CC1. The molecule has 1 aromatic rings. The number of nitrogens with two attached hydrogens (primary N) is 1. The van der Waals surface area contributed by atoms with Crippen LogP contribution >= 0.6 is 11.6 Å². The number of anilines is 1. The number of hydrogen-bond acceptors (Lipinski definition) is 5. The minimum Gasteiger partial charge on any atom is -0.368 e. The summed E-state index contributed by atoms with van der Waals surface area (Å²) in [6, 6.07) is -0.224. The van der Waals surface area contributed by atoms with Crippen molar-refractivity contribution in [2.75, 3.05) is 31.1 Å². The van der Waals surface area contributed by atoms with Crippen molar-refractivity contribution in [3.8, 4) is 0 Å². The van der Waals surface area contributed by atoms with Crippen LogP contribution in [-0.4, -0.2) is 53.0 Å². The van der Waals surface area contributed by atoms with Gasteiger partial charge in [0.15, 0.2) is 0 Å². The van der Waals surface area contributed by atoms with E-state index in [4.69, 9.17) is 17.3 Å². The van der Waals surface area contributed by atoms with Gasteiger partial charge in [-0.1, -0.05) is 11.6 Å². The van der Waals surface area contributed by atoms with Gasteiger partial charge in [-0.15, -0.1) is 0 Å². The first-order valence-electron chi connectivity index (χ1n) is 5.84. The van der Waals surface area contributed by atoms with Crippen molar-refractivity contribution < 1.29 is 4.79 Å². The summed E-state index contributed by atoms with van der Waals surface area (Å²) >= 11 is 5.75. The molecule has 1 amide bonds. The molecule has 0 radical (unpaired) electrons. The maximum Gasteiger partial charge on any atom is 0.234 e. The summed E-state index contributed by atoms with van der Waals surface area (Å²) in [5, 5.41) is 0.528. The van der Waals surface area contributed by atoms with Crippen LogP contribution in [0.5, 0.6) is 0 Å². The van der Waals surface area contributed by atoms with Gasteiger partial charge >= 0.3 is 0 Å². The fourth-order valence-corrected chi connectivity index (χ4v) is 2.06. The lowest BCUT2D eigenvalue weighted by molar-refractivity contribution is -0.122. The normalized spacial score (nSPS) is 18.7. The van der Waals surface area contributed by atoms with Crippen LogP contribution in [0.3, 0.4) is 0 Å². The van der Waals surface area contributed by atoms with Crippen molar-refractivity contribution in [1.82, 2.24) is 14.9 Å². The standard InChI is InChI=1S/C11H16ClN5O/c1-8(10(13)18)16-2-4-17(5-3-16)11-14-6-9(12)7-15-11/h6-8H,2-5H2,1H3,(H2,13,18)/t8-/m1/s1. The fourth-order valence-electron chi connectivity index (χ4n) is 1.96. The first-order chi connectivity index (χ1) is 8.58. The maximum atomic E-state index is 11.1. The summed E-state index contributed by atoms with van der Waals surface area (Å²) in [7, 11) is 0. The van der Waals surface area contributed by atoms with Crippen LogP contribution in [0, 0.1) is 0 Å². The number of primary amides is 1. The third kappa shape index (κ3) is 2.88. The molecule has 0 aliphatic carbocycles. The molecule has 1 fully saturated rings. The number of nitrogens with zero attached hydrogens (tertiary/aromatic N) is 4. The Bertz CT molecular complexity index is 416. The Morgan fingerprint density at radius 3 is 2.39 bits per heavy atom. The van der Waals surface area contributed by atoms with Crippen LogP contribution in [0.15, 0.2) is 12.4 Å². The Morgan fingerprint density at radius 2 is 1.89 bits per heavy atom. The predicted molar refractivity (Wildman–Crippen MR) is 69.5 cm³/mol. The van der Waals surface area contributed by atoms with Gasteiger partial charge in [-0.05, 0) is 6.92 Å². The second-order valence-electron chi connectivity index (χ2n) is 4.30. The minimum atomic E-state index is -0.286. The van der Waals surface area contributed by atoms with E-state index in [1.807, 2.05) is 6.92 Å². The summed E-state index contributed by atoms with van der Waals surface area (Å²) in [5.74, 6) is 0.386. The lowest BCUT2D eigenvalue weighted by Crippen LogP contribution is -2.53. The van der Waals surface area contributed by atoms with E-state index in [-0.39, 0.29) is 11.9 Å². The first-order valence-corrected chi connectivity index (χ1v) is 6.21. The van der Waals surface area contributed by atoms with Gasteiger partial charge in [-0.3, -0.25) is 9.69 Å². The lowest BCUT2D eigenvalue weighted by atomic mass is 10.2. The van der Waals surface area contributed by atoms with E-state index in [1.54, 1.807) is 12.4 Å². The fraction of sp³-hybridized carbons (Fsp3) is 0.545. The minimum absolute atomic E-state index is 0.224. The van der Waals surface area contributed by atoms with Crippen molar-refractivity contribution in [3.05, 3.63) is 17.4 Å². The van der Waals surface area contributed by atoms with Gasteiger partial charge in [0.05, 0.1) is 23.5 Å². The van der Waals surface area contributed by atoms with Crippen molar-refractivity contribution in [2.45, 2.75) is 13.0 Å². The average Bonchev–Trinajstić information content (AvgIpc) is 2.39. The number of carbonyl (C=O) groups excluding carboxylic acids is 1. The summed E-state index contributed by atoms with van der Waals surface area (Å²) in [5.41, 5.74) is 5.30. The van der Waals surface area contributed by atoms with Gasteiger partial charge < -0.3 is 10.6 Å². The number of piperazine rings is 1. The Balaban J connectivity index is 1.94. The molecule has 2 N–H and O–H groups in total. The lowest BCUT2D eigenvalue weighted by Gasteiger charge is -2.36. The van der Waals surface area contributed by atoms with Gasteiger partial charge in [0.1, 0.15) is 0 Å². The number of hydrogen-bond donors (Lipinski definition) is 1. The van der Waals surface area contributed by atoms with E-state index in [0.717, 1.165) is 26.2 Å². The average molecular weight is 270 g/mol. The Morgan fingerprint density at radius 1 is 1.33 bits per heavy atom. The molecule has 18 heavy (non-hydrogen) atoms. The van der Waals surface area contributed by atoms with E-state index in [1.165, 1.54) is 0 Å². The van der Waals surface area contributed by atoms with E-state index in [2.05, 4.69) is 19.8 Å². The van der Waals surface area contributed by atoms with Crippen LogP contribution in [0.4, 0.5) is 5.95 Å². The van der Waals surface area contributed by atoms with Crippen molar-refractivity contribution >= 4 is 23.5 Å². The van der Waals surface area contributed by atoms with Crippen molar-refractivity contribution in [3.63, 3.8) is 0 Å². The van der Waals surface area contributed by atoms with E-state index < -0.39 is 0 Å². The molecule has 1 aliphatic rings. The van der Waals surface area contributed by atoms with Crippen LogP contribution in [0.25, 0.3) is 0 Å². The van der Waals surface area contributed by atoms with E-state index in [0.29, 0.717) is 11.0 Å². The molecule has 0 bridgehead atoms. The highest BCUT2D eigenvalue weighted by Crippen LogP contribution is 2.13. The first kappa shape index (κ1) is 13.0. The smallest absolute Gasteiger partial charge is 0.234 e. The summed E-state index contributed by atoms with van der Waals surface area (Å²) in [4.78, 5) is 23.6. The van der Waals surface area contributed by atoms with E-state index >= 15 is 0 Å². The number of carbonyl (C=O) groups is 1. The Kier molecular flexibility index (Phi) is 3.98. The number of halogens is 1. The quantitative estimate of drug-likeness (QED) is 0.844. The summed E-state index contributed by atoms with van der Waals surface area (Å²) in [6.07, 6.45) is 3.17. The molecule has 7 heteroatoms. The topological polar surface area (TPSA) is 75.4 Å². The van der Waals surface area contributed by atoms with Gasteiger partial charge in [0.2, 0.25) is 11.9 Å². The molecule has 2 heterocycles. The number of amides is 1. The van der Waals surface area contributed by atoms with Gasteiger partial charge in [0, 0.05) is 26.2 Å². The van der Waals surface area contributed by atoms with E-state index in [9.17, 15) is 4.79 Å². The molecule has 6 nitrogen and oxygen atoms in total. The van der Waals surface area contributed by atoms with Crippen molar-refractivity contribution in [2.24, 2.45) is 5.73 Å². The largest absolute Gasteiger partial charge is 0.368 e. The molecule has 1 saturated heterocycles. The number of rotatable bonds is 3. The van der Waals surface area contributed by atoms with Crippen LogP contribution in [0.1, 0.15) is 6.92 Å². The molecule has 1 aromatic heterocycles. The molecule has 1 atom stereocenters. The van der Waals surface area contributed by atoms with Crippen LogP contribution < -0.4 is 10.6 Å². The second-order valence-corrected chi connectivity index (χ2v) is 4.74. The molecule has 0 aromatic carbocycles. The zero-order chi connectivity index (χ0) is 13.1. The summed E-state index contributed by atoms with van der Waals surface area (Å²) < 4.78 is 0. The third-order valence-electron chi connectivity index (χ3n) is 3.16. The highest BCUT2D eigenvalue weighted by Gasteiger charge is 2.24. The zero-order valence-electron chi connectivity index (χ0n) is 10.2. The molecular formula is C11H16ClN5O. The monoisotopic (exact) mass is 269 g/mol. The zero-order valence-corrected chi connectivity index (χ0v) is 11.0. The Hall–Kier alpha value is -1.40. The van der Waals surface area contributed by atoms with Gasteiger partial charge in [-0.2, -0.15) is 0 Å². The third-order valence-corrected chi connectivity index (χ3v) is 3.36. The molecule has 0 saturated carbocycles. The molecule has 1 aliphatic heterocycles. The maximum absolute atomic E-state index is 11.1.